The third-order valence-electron chi connectivity index (χ3n) is 5.04. The largest absolute Gasteiger partial charge is 0.393 e. The lowest BCUT2D eigenvalue weighted by Gasteiger charge is -2.29. The summed E-state index contributed by atoms with van der Waals surface area (Å²) in [5, 5.41) is 11.0. The van der Waals surface area contributed by atoms with Crippen molar-refractivity contribution in [3.05, 3.63) is 33.9 Å². The van der Waals surface area contributed by atoms with E-state index in [2.05, 4.69) is 4.90 Å². The van der Waals surface area contributed by atoms with E-state index < -0.39 is 4.92 Å². The molecule has 1 heterocycles. The number of likely N-dealkylation sites (tertiary alicyclic amines) is 1. The molecule has 5 nitrogen and oxygen atoms in total. The number of anilines is 1. The van der Waals surface area contributed by atoms with E-state index in [1.165, 1.54) is 38.5 Å². The Morgan fingerprint density at radius 3 is 2.71 bits per heavy atom. The third kappa shape index (κ3) is 3.02. The highest BCUT2D eigenvalue weighted by Crippen LogP contribution is 2.36. The molecule has 0 bridgehead atoms. The minimum absolute atomic E-state index is 0.0316. The van der Waals surface area contributed by atoms with Crippen molar-refractivity contribution in [3.8, 4) is 0 Å². The van der Waals surface area contributed by atoms with Gasteiger partial charge in [0.05, 0.1) is 4.92 Å². The van der Waals surface area contributed by atoms with E-state index in [1.54, 1.807) is 12.1 Å². The number of nitrogens with two attached hydrogens (primary N) is 1. The van der Waals surface area contributed by atoms with Gasteiger partial charge in [-0.05, 0) is 49.8 Å². The van der Waals surface area contributed by atoms with Gasteiger partial charge in [-0.1, -0.05) is 18.9 Å². The van der Waals surface area contributed by atoms with E-state index in [0.29, 0.717) is 6.04 Å². The number of nitrogens with zero attached hydrogens (tertiary/aromatic N) is 2. The number of hydrogen-bond acceptors (Lipinski definition) is 4. The summed E-state index contributed by atoms with van der Waals surface area (Å²) in [6.45, 7) is 1.92. The van der Waals surface area contributed by atoms with Gasteiger partial charge in [0.1, 0.15) is 5.69 Å². The molecule has 5 heteroatoms. The van der Waals surface area contributed by atoms with Crippen LogP contribution < -0.4 is 5.73 Å². The van der Waals surface area contributed by atoms with Gasteiger partial charge in [0.15, 0.2) is 0 Å². The first-order valence-electron chi connectivity index (χ1n) is 7.92. The fraction of sp³-hybridized carbons (Fsp3) is 0.625. The molecule has 0 radical (unpaired) electrons. The van der Waals surface area contributed by atoms with E-state index in [9.17, 15) is 10.1 Å². The fourth-order valence-corrected chi connectivity index (χ4v) is 4.00. The average molecular weight is 289 g/mol. The van der Waals surface area contributed by atoms with Crippen LogP contribution in [0.25, 0.3) is 0 Å². The molecule has 0 spiro atoms. The van der Waals surface area contributed by atoms with Crippen molar-refractivity contribution in [1.82, 2.24) is 4.90 Å². The quantitative estimate of drug-likeness (QED) is 0.524. The zero-order chi connectivity index (χ0) is 14.8. The molecule has 0 amide bonds. The number of hydrogen-bond donors (Lipinski definition) is 1. The van der Waals surface area contributed by atoms with Gasteiger partial charge in [-0.2, -0.15) is 0 Å². The summed E-state index contributed by atoms with van der Waals surface area (Å²) in [6, 6.07) is 5.89. The van der Waals surface area contributed by atoms with Gasteiger partial charge < -0.3 is 5.73 Å². The van der Waals surface area contributed by atoms with E-state index in [1.807, 2.05) is 6.07 Å². The lowest BCUT2D eigenvalue weighted by Crippen LogP contribution is -2.34. The SMILES string of the molecule is Nc1ccc(CN2CCCC2C2CCCC2)cc1[N+](=O)[O-]. The van der Waals surface area contributed by atoms with Crippen molar-refractivity contribution in [2.45, 2.75) is 51.1 Å². The Kier molecular flexibility index (Phi) is 4.10. The second-order valence-corrected chi connectivity index (χ2v) is 6.37. The first kappa shape index (κ1) is 14.3. The molecule has 2 fully saturated rings. The van der Waals surface area contributed by atoms with E-state index >= 15 is 0 Å². The highest BCUT2D eigenvalue weighted by atomic mass is 16.6. The Bertz CT molecular complexity index is 526. The summed E-state index contributed by atoms with van der Waals surface area (Å²) in [7, 11) is 0. The maximum atomic E-state index is 11.0. The average Bonchev–Trinajstić information content (AvgIpc) is 3.11. The van der Waals surface area contributed by atoms with Crippen molar-refractivity contribution in [2.24, 2.45) is 5.92 Å². The molecule has 1 aliphatic heterocycles. The lowest BCUT2D eigenvalue weighted by atomic mass is 9.96. The Labute approximate surface area is 125 Å². The van der Waals surface area contributed by atoms with Crippen molar-refractivity contribution in [1.29, 1.82) is 0 Å². The first-order valence-corrected chi connectivity index (χ1v) is 7.92. The molecule has 1 aromatic rings. The van der Waals surface area contributed by atoms with Crippen LogP contribution in [0.1, 0.15) is 44.1 Å². The predicted molar refractivity (Wildman–Crippen MR) is 82.9 cm³/mol. The van der Waals surface area contributed by atoms with E-state index in [4.69, 9.17) is 5.73 Å². The molecule has 1 aromatic carbocycles. The minimum Gasteiger partial charge on any atom is -0.393 e. The van der Waals surface area contributed by atoms with Crippen LogP contribution in [0, 0.1) is 16.0 Å². The van der Waals surface area contributed by atoms with Crippen LogP contribution in [0.15, 0.2) is 18.2 Å². The highest BCUT2D eigenvalue weighted by molar-refractivity contribution is 5.59. The van der Waals surface area contributed by atoms with Gasteiger partial charge in [-0.3, -0.25) is 15.0 Å². The summed E-state index contributed by atoms with van der Waals surface area (Å²) in [5.41, 5.74) is 6.95. The standard InChI is InChI=1S/C16H23N3O2/c17-14-8-7-12(10-16(14)19(20)21)11-18-9-3-6-15(18)13-4-1-2-5-13/h7-8,10,13,15H,1-6,9,11,17H2. The Morgan fingerprint density at radius 1 is 1.24 bits per heavy atom. The van der Waals surface area contributed by atoms with Crippen LogP contribution in [0.3, 0.4) is 0 Å². The molecular formula is C16H23N3O2. The zero-order valence-electron chi connectivity index (χ0n) is 12.3. The van der Waals surface area contributed by atoms with Crippen LogP contribution in [-0.4, -0.2) is 22.4 Å². The molecule has 1 atom stereocenters. The van der Waals surface area contributed by atoms with Crippen LogP contribution in [0.5, 0.6) is 0 Å². The van der Waals surface area contributed by atoms with Crippen molar-refractivity contribution < 1.29 is 4.92 Å². The summed E-state index contributed by atoms with van der Waals surface area (Å²) >= 11 is 0. The maximum Gasteiger partial charge on any atom is 0.292 e. The number of benzene rings is 1. The summed E-state index contributed by atoms with van der Waals surface area (Å²) in [5.74, 6) is 0.830. The molecule has 21 heavy (non-hydrogen) atoms. The lowest BCUT2D eigenvalue weighted by molar-refractivity contribution is -0.384. The van der Waals surface area contributed by atoms with Crippen LogP contribution in [-0.2, 0) is 6.54 Å². The van der Waals surface area contributed by atoms with Crippen molar-refractivity contribution >= 4 is 11.4 Å². The Hall–Kier alpha value is -1.62. The van der Waals surface area contributed by atoms with Crippen LogP contribution >= 0.6 is 0 Å². The van der Waals surface area contributed by atoms with Crippen molar-refractivity contribution in [2.75, 3.05) is 12.3 Å². The predicted octanol–water partition coefficient (Wildman–Crippen LogP) is 3.33. The number of nitro groups is 1. The molecule has 1 unspecified atom stereocenters. The topological polar surface area (TPSA) is 72.4 Å². The van der Waals surface area contributed by atoms with Gasteiger partial charge in [0.25, 0.3) is 5.69 Å². The van der Waals surface area contributed by atoms with E-state index in [-0.39, 0.29) is 11.4 Å². The second kappa shape index (κ2) is 6.02. The zero-order valence-corrected chi connectivity index (χ0v) is 12.3. The fourth-order valence-electron chi connectivity index (χ4n) is 4.00. The number of nitrogen functional groups attached to an aromatic ring is 1. The van der Waals surface area contributed by atoms with Gasteiger partial charge in [-0.25, -0.2) is 0 Å². The summed E-state index contributed by atoms with van der Waals surface area (Å²) in [6.07, 6.45) is 7.96. The molecule has 3 rings (SSSR count). The Balaban J connectivity index is 1.73. The molecule has 114 valence electrons. The van der Waals surface area contributed by atoms with Gasteiger partial charge in [-0.15, -0.1) is 0 Å². The molecule has 1 saturated heterocycles. The number of rotatable bonds is 4. The molecule has 2 aliphatic rings. The van der Waals surface area contributed by atoms with Crippen molar-refractivity contribution in [3.63, 3.8) is 0 Å². The summed E-state index contributed by atoms with van der Waals surface area (Å²) < 4.78 is 0. The smallest absolute Gasteiger partial charge is 0.292 e. The third-order valence-corrected chi connectivity index (χ3v) is 5.04. The van der Waals surface area contributed by atoms with Gasteiger partial charge >= 0.3 is 0 Å². The normalized spacial score (nSPS) is 23.7. The van der Waals surface area contributed by atoms with Crippen LogP contribution in [0.4, 0.5) is 11.4 Å². The number of nitro benzene ring substituents is 1. The maximum absolute atomic E-state index is 11.0. The summed E-state index contributed by atoms with van der Waals surface area (Å²) in [4.78, 5) is 13.1. The Morgan fingerprint density at radius 2 is 2.00 bits per heavy atom. The highest BCUT2D eigenvalue weighted by Gasteiger charge is 2.33. The molecule has 1 aliphatic carbocycles. The van der Waals surface area contributed by atoms with Gasteiger partial charge in [0, 0.05) is 18.7 Å². The molecule has 2 N–H and O–H groups in total. The molecule has 1 saturated carbocycles. The molecular weight excluding hydrogens is 266 g/mol. The van der Waals surface area contributed by atoms with Gasteiger partial charge in [0.2, 0.25) is 0 Å². The van der Waals surface area contributed by atoms with E-state index in [0.717, 1.165) is 24.6 Å². The molecule has 0 aromatic heterocycles. The monoisotopic (exact) mass is 289 g/mol. The van der Waals surface area contributed by atoms with Crippen LogP contribution in [0.2, 0.25) is 0 Å². The second-order valence-electron chi connectivity index (χ2n) is 6.37. The minimum atomic E-state index is -0.392. The first-order chi connectivity index (χ1) is 10.1.